The molecule has 2 saturated heterocycles. The molecule has 4 rings (SSSR count). The molecule has 2 aliphatic heterocycles. The van der Waals surface area contributed by atoms with Crippen LogP contribution in [0.5, 0.6) is 0 Å². The third kappa shape index (κ3) is 3.93. The zero-order valence-electron chi connectivity index (χ0n) is 16.4. The number of benzene rings is 1. The van der Waals surface area contributed by atoms with Gasteiger partial charge in [0, 0.05) is 37.7 Å². The summed E-state index contributed by atoms with van der Waals surface area (Å²) in [5.41, 5.74) is 4.41. The first-order valence-corrected chi connectivity index (χ1v) is 12.0. The quantitative estimate of drug-likeness (QED) is 0.758. The van der Waals surface area contributed by atoms with E-state index in [0.29, 0.717) is 6.42 Å². The SMILES string of the molecule is Cc1nn(C2CCS(=O)(=O)C2)c(C)c1N1CCN(Cc2ccccc2Cl)CC1. The third-order valence-corrected chi connectivity index (χ3v) is 8.00. The number of aryl methyl sites for hydroxylation is 1. The minimum Gasteiger partial charge on any atom is -0.366 e. The number of anilines is 1. The van der Waals surface area contributed by atoms with E-state index in [9.17, 15) is 8.42 Å². The fraction of sp³-hybridized carbons (Fsp3) is 0.550. The normalized spacial score (nSPS) is 22.7. The smallest absolute Gasteiger partial charge is 0.152 e. The Bertz CT molecular complexity index is 965. The van der Waals surface area contributed by atoms with Crippen molar-refractivity contribution < 1.29 is 8.42 Å². The molecule has 0 spiro atoms. The molecule has 0 N–H and O–H groups in total. The van der Waals surface area contributed by atoms with Crippen molar-refractivity contribution in [3.8, 4) is 0 Å². The predicted molar refractivity (Wildman–Crippen MR) is 113 cm³/mol. The first-order valence-electron chi connectivity index (χ1n) is 9.81. The second-order valence-corrected chi connectivity index (χ2v) is 10.5. The van der Waals surface area contributed by atoms with Crippen molar-refractivity contribution in [1.82, 2.24) is 14.7 Å². The molecule has 1 atom stereocenters. The zero-order valence-corrected chi connectivity index (χ0v) is 18.0. The monoisotopic (exact) mass is 422 g/mol. The first kappa shape index (κ1) is 19.7. The van der Waals surface area contributed by atoms with Gasteiger partial charge in [-0.2, -0.15) is 5.10 Å². The van der Waals surface area contributed by atoms with Crippen molar-refractivity contribution in [3.63, 3.8) is 0 Å². The van der Waals surface area contributed by atoms with Crippen LogP contribution >= 0.6 is 11.6 Å². The van der Waals surface area contributed by atoms with E-state index >= 15 is 0 Å². The van der Waals surface area contributed by atoms with Crippen molar-refractivity contribution >= 4 is 27.1 Å². The van der Waals surface area contributed by atoms with Crippen molar-refractivity contribution in [2.45, 2.75) is 32.9 Å². The van der Waals surface area contributed by atoms with Crippen LogP contribution in [-0.4, -0.2) is 60.8 Å². The molecular formula is C20H27ClN4O2S. The Morgan fingerprint density at radius 3 is 2.50 bits per heavy atom. The van der Waals surface area contributed by atoms with Crippen LogP contribution in [0.1, 0.15) is 29.4 Å². The zero-order chi connectivity index (χ0) is 19.9. The highest BCUT2D eigenvalue weighted by atomic mass is 35.5. The average Bonchev–Trinajstić information content (AvgIpc) is 3.16. The number of nitrogens with zero attached hydrogens (tertiary/aromatic N) is 4. The summed E-state index contributed by atoms with van der Waals surface area (Å²) in [7, 11) is -2.92. The van der Waals surface area contributed by atoms with Gasteiger partial charge in [-0.25, -0.2) is 8.42 Å². The molecule has 1 aromatic carbocycles. The van der Waals surface area contributed by atoms with E-state index in [-0.39, 0.29) is 17.5 Å². The standard InChI is InChI=1S/C20H27ClN4O2S/c1-15-20(16(2)25(22-15)18-7-12-28(26,27)14-18)24-10-8-23(9-11-24)13-17-5-3-4-6-19(17)21/h3-6,18H,7-14H2,1-2H3. The maximum atomic E-state index is 11.9. The topological polar surface area (TPSA) is 58.4 Å². The van der Waals surface area contributed by atoms with Crippen molar-refractivity contribution in [2.24, 2.45) is 0 Å². The second kappa shape index (κ2) is 7.69. The third-order valence-electron chi connectivity index (χ3n) is 5.88. The molecule has 0 aliphatic carbocycles. The van der Waals surface area contributed by atoms with Gasteiger partial charge in [0.15, 0.2) is 9.84 Å². The maximum Gasteiger partial charge on any atom is 0.152 e. The van der Waals surface area contributed by atoms with Crippen LogP contribution in [-0.2, 0) is 16.4 Å². The Kier molecular flexibility index (Phi) is 5.42. The van der Waals surface area contributed by atoms with Crippen LogP contribution in [0, 0.1) is 13.8 Å². The highest BCUT2D eigenvalue weighted by molar-refractivity contribution is 7.91. The van der Waals surface area contributed by atoms with E-state index in [1.807, 2.05) is 29.8 Å². The van der Waals surface area contributed by atoms with Gasteiger partial charge in [-0.05, 0) is 31.9 Å². The van der Waals surface area contributed by atoms with Gasteiger partial charge < -0.3 is 4.90 Å². The van der Waals surface area contributed by atoms with Gasteiger partial charge in [0.1, 0.15) is 0 Å². The summed E-state index contributed by atoms with van der Waals surface area (Å²) in [5, 5.41) is 5.53. The van der Waals surface area contributed by atoms with Crippen LogP contribution in [0.25, 0.3) is 0 Å². The molecule has 2 aliphatic rings. The van der Waals surface area contributed by atoms with Crippen LogP contribution in [0.3, 0.4) is 0 Å². The highest BCUT2D eigenvalue weighted by Crippen LogP contribution is 2.32. The molecule has 1 aromatic heterocycles. The molecule has 6 nitrogen and oxygen atoms in total. The lowest BCUT2D eigenvalue weighted by molar-refractivity contribution is 0.249. The van der Waals surface area contributed by atoms with Crippen LogP contribution < -0.4 is 4.90 Å². The van der Waals surface area contributed by atoms with Gasteiger partial charge in [0.25, 0.3) is 0 Å². The molecule has 1 unspecified atom stereocenters. The first-order chi connectivity index (χ1) is 13.3. The van der Waals surface area contributed by atoms with Crippen molar-refractivity contribution in [3.05, 3.63) is 46.2 Å². The Balaban J connectivity index is 1.44. The summed E-state index contributed by atoms with van der Waals surface area (Å²) in [6, 6.07) is 7.99. The molecule has 8 heteroatoms. The van der Waals surface area contributed by atoms with Gasteiger partial charge in [-0.1, -0.05) is 29.8 Å². The molecular weight excluding hydrogens is 396 g/mol. The van der Waals surface area contributed by atoms with Gasteiger partial charge in [0.2, 0.25) is 0 Å². The summed E-state index contributed by atoms with van der Waals surface area (Å²) in [6.07, 6.45) is 0.662. The maximum absolute atomic E-state index is 11.9. The summed E-state index contributed by atoms with van der Waals surface area (Å²) in [4.78, 5) is 4.82. The number of piperazine rings is 1. The van der Waals surface area contributed by atoms with Crippen molar-refractivity contribution in [2.75, 3.05) is 42.6 Å². The molecule has 0 radical (unpaired) electrons. The summed E-state index contributed by atoms with van der Waals surface area (Å²) < 4.78 is 25.7. The number of sulfone groups is 1. The van der Waals surface area contributed by atoms with Crippen LogP contribution in [0.4, 0.5) is 5.69 Å². The van der Waals surface area contributed by atoms with Crippen molar-refractivity contribution in [1.29, 1.82) is 0 Å². The molecule has 0 saturated carbocycles. The molecule has 28 heavy (non-hydrogen) atoms. The van der Waals surface area contributed by atoms with Gasteiger partial charge in [-0.15, -0.1) is 0 Å². The molecule has 0 amide bonds. The lowest BCUT2D eigenvalue weighted by atomic mass is 10.1. The lowest BCUT2D eigenvalue weighted by Crippen LogP contribution is -2.46. The fourth-order valence-electron chi connectivity index (χ4n) is 4.43. The molecule has 3 heterocycles. The van der Waals surface area contributed by atoms with Gasteiger partial charge in [-0.3, -0.25) is 9.58 Å². The molecule has 0 bridgehead atoms. The minimum absolute atomic E-state index is 0.0287. The van der Waals surface area contributed by atoms with E-state index < -0.39 is 9.84 Å². The molecule has 152 valence electrons. The molecule has 2 aromatic rings. The van der Waals surface area contributed by atoms with Crippen LogP contribution in [0.15, 0.2) is 24.3 Å². The van der Waals surface area contributed by atoms with E-state index in [2.05, 4.69) is 22.8 Å². The number of hydrogen-bond donors (Lipinski definition) is 0. The second-order valence-electron chi connectivity index (χ2n) is 7.88. The fourth-order valence-corrected chi connectivity index (χ4v) is 6.32. The van der Waals surface area contributed by atoms with Gasteiger partial charge in [0.05, 0.1) is 34.6 Å². The molecule has 2 fully saturated rings. The van der Waals surface area contributed by atoms with E-state index in [0.717, 1.165) is 49.1 Å². The predicted octanol–water partition coefficient (Wildman–Crippen LogP) is 2.84. The van der Waals surface area contributed by atoms with Gasteiger partial charge >= 0.3 is 0 Å². The average molecular weight is 423 g/mol. The summed E-state index contributed by atoms with van der Waals surface area (Å²) in [6.45, 7) is 8.75. The Morgan fingerprint density at radius 2 is 1.86 bits per heavy atom. The number of aromatic nitrogens is 2. The van der Waals surface area contributed by atoms with E-state index in [1.165, 1.54) is 11.3 Å². The lowest BCUT2D eigenvalue weighted by Gasteiger charge is -2.36. The number of rotatable bonds is 4. The minimum atomic E-state index is -2.92. The largest absolute Gasteiger partial charge is 0.366 e. The summed E-state index contributed by atoms with van der Waals surface area (Å²) in [5.74, 6) is 0.478. The van der Waals surface area contributed by atoms with Crippen LogP contribution in [0.2, 0.25) is 5.02 Å². The summed E-state index contributed by atoms with van der Waals surface area (Å²) >= 11 is 6.30. The Labute approximate surface area is 172 Å². The van der Waals surface area contributed by atoms with E-state index in [4.69, 9.17) is 16.7 Å². The number of halogens is 1. The Morgan fingerprint density at radius 1 is 1.14 bits per heavy atom. The Hall–Kier alpha value is -1.57. The number of hydrogen-bond acceptors (Lipinski definition) is 5. The van der Waals surface area contributed by atoms with E-state index in [1.54, 1.807) is 0 Å². The highest BCUT2D eigenvalue weighted by Gasteiger charge is 2.32.